The summed E-state index contributed by atoms with van der Waals surface area (Å²) >= 11 is 0. The van der Waals surface area contributed by atoms with Gasteiger partial charge in [-0.15, -0.1) is 0 Å². The fraction of sp³-hybridized carbons (Fsp3) is 0.385. The van der Waals surface area contributed by atoms with E-state index in [1.165, 1.54) is 0 Å². The Bertz CT molecular complexity index is 509. The molecule has 110 valence electrons. The summed E-state index contributed by atoms with van der Waals surface area (Å²) in [5.41, 5.74) is -2.77. The van der Waals surface area contributed by atoms with Gasteiger partial charge in [-0.2, -0.15) is 26.3 Å². The summed E-state index contributed by atoms with van der Waals surface area (Å²) in [6, 6.07) is 1.51. The van der Waals surface area contributed by atoms with E-state index in [0.717, 1.165) is 0 Å². The summed E-state index contributed by atoms with van der Waals surface area (Å²) in [6.45, 7) is 1.60. The Balaban J connectivity index is 2.47. The van der Waals surface area contributed by atoms with Crippen LogP contribution in [0.3, 0.4) is 0 Å². The molecule has 2 rings (SSSR count). The van der Waals surface area contributed by atoms with Crippen molar-refractivity contribution in [2.75, 3.05) is 0 Å². The number of allylic oxidation sites excluding steroid dienone is 1. The van der Waals surface area contributed by atoms with E-state index in [9.17, 15) is 26.3 Å². The van der Waals surface area contributed by atoms with Crippen molar-refractivity contribution < 1.29 is 31.1 Å². The Kier molecular flexibility index (Phi) is 3.47. The minimum atomic E-state index is -4.84. The van der Waals surface area contributed by atoms with Crippen molar-refractivity contribution in [2.45, 2.75) is 31.8 Å². The third kappa shape index (κ3) is 3.08. The van der Waals surface area contributed by atoms with Crippen LogP contribution in [0.25, 0.3) is 0 Å². The molecule has 0 amide bonds. The number of rotatable bonds is 1. The summed E-state index contributed by atoms with van der Waals surface area (Å²) in [6.07, 6.45) is -8.60. The Morgan fingerprint density at radius 3 is 1.80 bits per heavy atom. The van der Waals surface area contributed by atoms with Gasteiger partial charge < -0.3 is 4.74 Å². The molecule has 1 aromatic carbocycles. The maximum atomic E-state index is 12.7. The second-order valence-electron chi connectivity index (χ2n) is 4.50. The van der Waals surface area contributed by atoms with Gasteiger partial charge in [-0.1, -0.05) is 0 Å². The molecule has 20 heavy (non-hydrogen) atoms. The topological polar surface area (TPSA) is 9.23 Å². The van der Waals surface area contributed by atoms with Gasteiger partial charge in [0, 0.05) is 6.42 Å². The lowest BCUT2D eigenvalue weighted by Crippen LogP contribution is -2.13. The van der Waals surface area contributed by atoms with E-state index in [4.69, 9.17) is 4.74 Å². The molecule has 0 fully saturated rings. The number of benzene rings is 1. The van der Waals surface area contributed by atoms with Crippen LogP contribution in [0.1, 0.15) is 36.1 Å². The van der Waals surface area contributed by atoms with E-state index in [2.05, 4.69) is 0 Å². The zero-order valence-corrected chi connectivity index (χ0v) is 10.3. The Labute approximate surface area is 110 Å². The maximum Gasteiger partial charge on any atom is 0.416 e. The molecule has 0 aliphatic carbocycles. The predicted molar refractivity (Wildman–Crippen MR) is 58.6 cm³/mol. The Hall–Kier alpha value is -1.66. The van der Waals surface area contributed by atoms with Gasteiger partial charge in [0.15, 0.2) is 0 Å². The molecular weight excluding hydrogens is 286 g/mol. The quantitative estimate of drug-likeness (QED) is 0.656. The van der Waals surface area contributed by atoms with Crippen molar-refractivity contribution in [1.29, 1.82) is 0 Å². The first-order chi connectivity index (χ1) is 9.07. The Morgan fingerprint density at radius 1 is 0.950 bits per heavy atom. The van der Waals surface area contributed by atoms with Crippen molar-refractivity contribution in [3.8, 4) is 0 Å². The number of hydrogen-bond donors (Lipinski definition) is 0. The van der Waals surface area contributed by atoms with Crippen molar-refractivity contribution in [3.05, 3.63) is 46.7 Å². The number of ether oxygens (including phenoxy) is 1. The molecule has 1 aliphatic rings. The molecule has 0 spiro atoms. The van der Waals surface area contributed by atoms with Crippen LogP contribution in [0.5, 0.6) is 0 Å². The SMILES string of the molecule is CC1=CCC(c2cc(C(F)(F)F)cc(C(F)(F)F)c2)O1. The van der Waals surface area contributed by atoms with Crippen molar-refractivity contribution in [2.24, 2.45) is 0 Å². The molecule has 0 saturated carbocycles. The molecule has 1 aromatic rings. The van der Waals surface area contributed by atoms with E-state index in [1.807, 2.05) is 0 Å². The van der Waals surface area contributed by atoms with Crippen molar-refractivity contribution >= 4 is 0 Å². The van der Waals surface area contributed by atoms with Crippen LogP contribution in [0.2, 0.25) is 0 Å². The second kappa shape index (κ2) is 4.71. The first kappa shape index (κ1) is 14.7. The van der Waals surface area contributed by atoms with Crippen LogP contribution in [0.15, 0.2) is 30.0 Å². The molecule has 0 bridgehead atoms. The zero-order chi connectivity index (χ0) is 15.1. The van der Waals surface area contributed by atoms with Crippen LogP contribution in [0, 0.1) is 0 Å². The summed E-state index contributed by atoms with van der Waals surface area (Å²) in [4.78, 5) is 0. The molecule has 7 heteroatoms. The van der Waals surface area contributed by atoms with E-state index < -0.39 is 29.6 Å². The van der Waals surface area contributed by atoms with Crippen LogP contribution in [-0.2, 0) is 17.1 Å². The standard InChI is InChI=1S/C13H10F6O/c1-7-2-3-11(20-7)8-4-9(12(14,15)16)6-10(5-8)13(17,18)19/h2,4-6,11H,3H2,1H3. The van der Waals surface area contributed by atoms with Crippen LogP contribution in [0.4, 0.5) is 26.3 Å². The van der Waals surface area contributed by atoms with Gasteiger partial charge >= 0.3 is 12.4 Å². The van der Waals surface area contributed by atoms with Crippen molar-refractivity contribution in [1.82, 2.24) is 0 Å². The molecule has 0 radical (unpaired) electrons. The summed E-state index contributed by atoms with van der Waals surface area (Å²) in [7, 11) is 0. The maximum absolute atomic E-state index is 12.7. The van der Waals surface area contributed by atoms with Crippen molar-refractivity contribution in [3.63, 3.8) is 0 Å². The van der Waals surface area contributed by atoms with Crippen LogP contribution >= 0.6 is 0 Å². The first-order valence-electron chi connectivity index (χ1n) is 5.70. The zero-order valence-electron chi connectivity index (χ0n) is 10.3. The smallest absolute Gasteiger partial charge is 0.416 e. The van der Waals surface area contributed by atoms with Gasteiger partial charge in [0.05, 0.1) is 16.9 Å². The second-order valence-corrected chi connectivity index (χ2v) is 4.50. The predicted octanol–water partition coefficient (Wildman–Crippen LogP) is 5.09. The van der Waals surface area contributed by atoms with E-state index >= 15 is 0 Å². The summed E-state index contributed by atoms with van der Waals surface area (Å²) in [5, 5.41) is 0. The van der Waals surface area contributed by atoms with Gasteiger partial charge in [0.25, 0.3) is 0 Å². The molecule has 0 aromatic heterocycles. The third-order valence-electron chi connectivity index (χ3n) is 2.93. The molecule has 0 N–H and O–H groups in total. The fourth-order valence-corrected chi connectivity index (χ4v) is 1.96. The molecule has 1 heterocycles. The van der Waals surface area contributed by atoms with E-state index in [0.29, 0.717) is 17.9 Å². The van der Waals surface area contributed by atoms with Gasteiger partial charge in [-0.25, -0.2) is 0 Å². The number of halogens is 6. The Morgan fingerprint density at radius 2 is 1.45 bits per heavy atom. The van der Waals surface area contributed by atoms with Crippen LogP contribution < -0.4 is 0 Å². The third-order valence-corrected chi connectivity index (χ3v) is 2.93. The number of alkyl halides is 6. The fourth-order valence-electron chi connectivity index (χ4n) is 1.96. The largest absolute Gasteiger partial charge is 0.490 e. The lowest BCUT2D eigenvalue weighted by molar-refractivity contribution is -0.143. The highest BCUT2D eigenvalue weighted by Crippen LogP contribution is 2.40. The normalized spacial score (nSPS) is 19.8. The molecule has 1 unspecified atom stereocenters. The summed E-state index contributed by atoms with van der Waals surface area (Å²) in [5.74, 6) is 0.487. The molecular formula is C13H10F6O. The van der Waals surface area contributed by atoms with Crippen LogP contribution in [-0.4, -0.2) is 0 Å². The van der Waals surface area contributed by atoms with Gasteiger partial charge in [0.2, 0.25) is 0 Å². The highest BCUT2D eigenvalue weighted by Gasteiger charge is 2.37. The molecule has 1 nitrogen and oxygen atoms in total. The van der Waals surface area contributed by atoms with E-state index in [-0.39, 0.29) is 18.1 Å². The average molecular weight is 296 g/mol. The molecule has 1 aliphatic heterocycles. The van der Waals surface area contributed by atoms with E-state index in [1.54, 1.807) is 13.0 Å². The van der Waals surface area contributed by atoms with Gasteiger partial charge in [-0.05, 0) is 36.8 Å². The van der Waals surface area contributed by atoms with Gasteiger partial charge in [-0.3, -0.25) is 0 Å². The lowest BCUT2D eigenvalue weighted by Gasteiger charge is -2.18. The average Bonchev–Trinajstić information content (AvgIpc) is 2.73. The monoisotopic (exact) mass is 296 g/mol. The summed E-state index contributed by atoms with van der Waals surface area (Å²) < 4.78 is 81.3. The number of hydrogen-bond acceptors (Lipinski definition) is 1. The molecule has 0 saturated heterocycles. The highest BCUT2D eigenvalue weighted by molar-refractivity contribution is 5.35. The molecule has 1 atom stereocenters. The van der Waals surface area contributed by atoms with Gasteiger partial charge in [0.1, 0.15) is 6.10 Å². The minimum Gasteiger partial charge on any atom is -0.490 e. The lowest BCUT2D eigenvalue weighted by atomic mass is 10.00. The highest BCUT2D eigenvalue weighted by atomic mass is 19.4. The first-order valence-corrected chi connectivity index (χ1v) is 5.70. The minimum absolute atomic E-state index is 0.110.